The van der Waals surface area contributed by atoms with Crippen molar-refractivity contribution in [3.8, 4) is 11.3 Å². The van der Waals surface area contributed by atoms with Crippen molar-refractivity contribution < 1.29 is 9.53 Å². The summed E-state index contributed by atoms with van der Waals surface area (Å²) in [7, 11) is 0. The smallest absolute Gasteiger partial charge is 0.263 e. The first-order chi connectivity index (χ1) is 16.2. The number of hydrogen-bond acceptors (Lipinski definition) is 6. The van der Waals surface area contributed by atoms with E-state index in [0.717, 1.165) is 66.9 Å². The van der Waals surface area contributed by atoms with Crippen LogP contribution in [0, 0.1) is 6.92 Å². The number of rotatable bonds is 8. The highest BCUT2D eigenvalue weighted by Gasteiger charge is 2.20. The number of benzene rings is 1. The van der Waals surface area contributed by atoms with Crippen LogP contribution in [0.4, 0.5) is 0 Å². The standard InChI is InChI=1S/C25H28N4O2S2/c1-19-4-6-20(7-5-19)22-17-29-21(18-33-25(29)26-22)8-9-28(24(30)23-3-2-16-32-23)11-10-27-12-14-31-15-13-27/h2-7,16-18H,8-15H2,1H3. The molecule has 0 radical (unpaired) electrons. The van der Waals surface area contributed by atoms with Crippen molar-refractivity contribution in [2.24, 2.45) is 0 Å². The highest BCUT2D eigenvalue weighted by atomic mass is 32.1. The zero-order valence-electron chi connectivity index (χ0n) is 18.8. The third-order valence-electron chi connectivity index (χ3n) is 6.08. The van der Waals surface area contributed by atoms with E-state index in [1.54, 1.807) is 11.3 Å². The molecule has 0 aliphatic carbocycles. The average Bonchev–Trinajstić information content (AvgIpc) is 3.58. The van der Waals surface area contributed by atoms with Gasteiger partial charge in [0.15, 0.2) is 4.96 Å². The number of morpholine rings is 1. The van der Waals surface area contributed by atoms with E-state index in [4.69, 9.17) is 9.72 Å². The fourth-order valence-electron chi connectivity index (χ4n) is 4.08. The summed E-state index contributed by atoms with van der Waals surface area (Å²) in [5.74, 6) is 0.121. The lowest BCUT2D eigenvalue weighted by molar-refractivity contribution is 0.0326. The van der Waals surface area contributed by atoms with Gasteiger partial charge in [0.2, 0.25) is 0 Å². The molecule has 33 heavy (non-hydrogen) atoms. The first-order valence-corrected chi connectivity index (χ1v) is 13.1. The van der Waals surface area contributed by atoms with Gasteiger partial charge in [-0.3, -0.25) is 14.1 Å². The van der Waals surface area contributed by atoms with Gasteiger partial charge in [0, 0.05) is 62.0 Å². The van der Waals surface area contributed by atoms with Crippen molar-refractivity contribution in [2.75, 3.05) is 45.9 Å². The molecule has 0 bridgehead atoms. The monoisotopic (exact) mass is 480 g/mol. The number of amides is 1. The minimum atomic E-state index is 0.121. The molecule has 1 fully saturated rings. The second-order valence-corrected chi connectivity index (χ2v) is 10.1. The number of thiazole rings is 1. The van der Waals surface area contributed by atoms with E-state index in [2.05, 4.69) is 52.1 Å². The van der Waals surface area contributed by atoms with E-state index in [1.165, 1.54) is 22.6 Å². The van der Waals surface area contributed by atoms with Crippen LogP contribution in [0.1, 0.15) is 20.9 Å². The molecule has 1 aliphatic rings. The van der Waals surface area contributed by atoms with Crippen LogP contribution in [0.25, 0.3) is 16.2 Å². The minimum Gasteiger partial charge on any atom is -0.379 e. The van der Waals surface area contributed by atoms with E-state index in [9.17, 15) is 4.79 Å². The van der Waals surface area contributed by atoms with Crippen LogP contribution in [-0.2, 0) is 11.2 Å². The van der Waals surface area contributed by atoms with Crippen molar-refractivity contribution >= 4 is 33.5 Å². The summed E-state index contributed by atoms with van der Waals surface area (Å²) in [5.41, 5.74) is 4.55. The van der Waals surface area contributed by atoms with Gasteiger partial charge in [0.1, 0.15) is 0 Å². The van der Waals surface area contributed by atoms with Crippen LogP contribution >= 0.6 is 22.7 Å². The lowest BCUT2D eigenvalue weighted by Crippen LogP contribution is -2.43. The van der Waals surface area contributed by atoms with E-state index in [1.807, 2.05) is 22.4 Å². The number of hydrogen-bond donors (Lipinski definition) is 0. The predicted molar refractivity (Wildman–Crippen MR) is 134 cm³/mol. The molecule has 0 N–H and O–H groups in total. The number of thiophene rings is 1. The zero-order valence-corrected chi connectivity index (χ0v) is 20.4. The molecular weight excluding hydrogens is 452 g/mol. The molecule has 0 unspecified atom stereocenters. The Morgan fingerprint density at radius 2 is 1.94 bits per heavy atom. The van der Waals surface area contributed by atoms with Crippen molar-refractivity contribution in [3.05, 3.63) is 69.5 Å². The predicted octanol–water partition coefficient (Wildman–Crippen LogP) is 4.45. The summed E-state index contributed by atoms with van der Waals surface area (Å²) in [4.78, 5) is 24.2. The molecule has 172 valence electrons. The highest BCUT2D eigenvalue weighted by molar-refractivity contribution is 7.15. The lowest BCUT2D eigenvalue weighted by atomic mass is 10.1. The molecule has 5 rings (SSSR count). The van der Waals surface area contributed by atoms with Crippen LogP contribution in [0.5, 0.6) is 0 Å². The first kappa shape index (κ1) is 22.3. The molecule has 0 spiro atoms. The summed E-state index contributed by atoms with van der Waals surface area (Å²) < 4.78 is 7.64. The Morgan fingerprint density at radius 1 is 1.12 bits per heavy atom. The van der Waals surface area contributed by atoms with Gasteiger partial charge >= 0.3 is 0 Å². The Labute approximate surface area is 202 Å². The average molecular weight is 481 g/mol. The van der Waals surface area contributed by atoms with Crippen molar-refractivity contribution in [2.45, 2.75) is 13.3 Å². The molecule has 4 heterocycles. The molecule has 8 heteroatoms. The summed E-state index contributed by atoms with van der Waals surface area (Å²) in [6, 6.07) is 12.3. The second kappa shape index (κ2) is 10.2. The maximum Gasteiger partial charge on any atom is 0.263 e. The van der Waals surface area contributed by atoms with Crippen LogP contribution in [-0.4, -0.2) is 71.0 Å². The van der Waals surface area contributed by atoms with E-state index in [-0.39, 0.29) is 5.91 Å². The molecule has 1 aliphatic heterocycles. The number of aryl methyl sites for hydroxylation is 1. The van der Waals surface area contributed by atoms with E-state index in [0.29, 0.717) is 6.54 Å². The van der Waals surface area contributed by atoms with Gasteiger partial charge in [0.25, 0.3) is 5.91 Å². The lowest BCUT2D eigenvalue weighted by Gasteiger charge is -2.30. The minimum absolute atomic E-state index is 0.121. The maximum atomic E-state index is 13.2. The Balaban J connectivity index is 1.30. The highest BCUT2D eigenvalue weighted by Crippen LogP contribution is 2.24. The van der Waals surface area contributed by atoms with Crippen LogP contribution in [0.3, 0.4) is 0 Å². The fraction of sp³-hybridized carbons (Fsp3) is 0.360. The molecule has 4 aromatic rings. The Kier molecular flexibility index (Phi) is 6.87. The largest absolute Gasteiger partial charge is 0.379 e. The summed E-state index contributed by atoms with van der Waals surface area (Å²) in [6.07, 6.45) is 2.91. The zero-order chi connectivity index (χ0) is 22.6. The molecule has 1 amide bonds. The Bertz CT molecular complexity index is 1190. The summed E-state index contributed by atoms with van der Waals surface area (Å²) >= 11 is 3.17. The van der Waals surface area contributed by atoms with E-state index < -0.39 is 0 Å². The molecule has 3 aromatic heterocycles. The molecule has 0 saturated carbocycles. The Hall–Kier alpha value is -2.52. The van der Waals surface area contributed by atoms with Gasteiger partial charge in [-0.2, -0.15) is 0 Å². The summed E-state index contributed by atoms with van der Waals surface area (Å²) in [5, 5.41) is 4.13. The van der Waals surface area contributed by atoms with Gasteiger partial charge in [0.05, 0.1) is 23.8 Å². The van der Waals surface area contributed by atoms with Crippen LogP contribution in [0.2, 0.25) is 0 Å². The topological polar surface area (TPSA) is 50.1 Å². The first-order valence-electron chi connectivity index (χ1n) is 11.3. The van der Waals surface area contributed by atoms with Crippen molar-refractivity contribution in [3.63, 3.8) is 0 Å². The number of nitrogens with zero attached hydrogens (tertiary/aromatic N) is 4. The van der Waals surface area contributed by atoms with Gasteiger partial charge < -0.3 is 9.64 Å². The van der Waals surface area contributed by atoms with Gasteiger partial charge in [-0.25, -0.2) is 4.98 Å². The molecule has 0 atom stereocenters. The summed E-state index contributed by atoms with van der Waals surface area (Å²) in [6.45, 7) is 7.79. The number of ether oxygens (including phenoxy) is 1. The van der Waals surface area contributed by atoms with Gasteiger partial charge in [-0.05, 0) is 18.4 Å². The van der Waals surface area contributed by atoms with Gasteiger partial charge in [-0.1, -0.05) is 35.9 Å². The van der Waals surface area contributed by atoms with Crippen LogP contribution < -0.4 is 0 Å². The third-order valence-corrected chi connectivity index (χ3v) is 7.82. The maximum absolute atomic E-state index is 13.2. The fourth-order valence-corrected chi connectivity index (χ4v) is 5.68. The van der Waals surface area contributed by atoms with Crippen LogP contribution in [0.15, 0.2) is 53.4 Å². The van der Waals surface area contributed by atoms with Crippen molar-refractivity contribution in [1.82, 2.24) is 19.2 Å². The van der Waals surface area contributed by atoms with Crippen molar-refractivity contribution in [1.29, 1.82) is 0 Å². The van der Waals surface area contributed by atoms with E-state index >= 15 is 0 Å². The molecule has 1 aromatic carbocycles. The molecule has 1 saturated heterocycles. The normalized spacial score (nSPS) is 14.7. The Morgan fingerprint density at radius 3 is 2.70 bits per heavy atom. The number of aromatic nitrogens is 2. The molecule has 6 nitrogen and oxygen atoms in total. The number of carbonyl (C=O) groups excluding carboxylic acids is 1. The third kappa shape index (κ3) is 5.19. The van der Waals surface area contributed by atoms with Gasteiger partial charge in [-0.15, -0.1) is 22.7 Å². The second-order valence-electron chi connectivity index (χ2n) is 8.35. The molecular formula is C25H28N4O2S2. The number of imidazole rings is 1. The number of fused-ring (bicyclic) bond motifs is 1. The quantitative estimate of drug-likeness (QED) is 0.374. The number of carbonyl (C=O) groups is 1. The SMILES string of the molecule is Cc1ccc(-c2cn3c(CCN(CCN4CCOCC4)C(=O)c4cccs4)csc3n2)cc1.